The quantitative estimate of drug-likeness (QED) is 0.769. The lowest BCUT2D eigenvalue weighted by atomic mass is 9.95. The predicted molar refractivity (Wildman–Crippen MR) is 121 cm³/mol. The standard InChI is InChI=1S/C24H31N5O2/c1-17-14-18(23(30)27-20-7-3-2-4-8-20)9-10-21(17)28-24(31)19-6-5-13-29(16-19)22-15-25-11-12-26-22/h9-12,14-15,19-20H,2-8,13,16H2,1H3,(H,27,30)(H,28,31). The highest BCUT2D eigenvalue weighted by molar-refractivity contribution is 5.97. The van der Waals surface area contributed by atoms with Gasteiger partial charge < -0.3 is 15.5 Å². The van der Waals surface area contributed by atoms with Gasteiger partial charge in [0.15, 0.2) is 0 Å². The van der Waals surface area contributed by atoms with Crippen molar-refractivity contribution in [1.82, 2.24) is 15.3 Å². The molecule has 2 aliphatic rings. The smallest absolute Gasteiger partial charge is 0.251 e. The van der Waals surface area contributed by atoms with E-state index < -0.39 is 0 Å². The largest absolute Gasteiger partial charge is 0.355 e. The number of nitrogens with zero attached hydrogens (tertiary/aromatic N) is 3. The number of piperidine rings is 1. The fourth-order valence-electron chi connectivity index (χ4n) is 4.55. The summed E-state index contributed by atoms with van der Waals surface area (Å²) in [6.45, 7) is 3.44. The number of carbonyl (C=O) groups is 2. The van der Waals surface area contributed by atoms with Crippen molar-refractivity contribution in [3.05, 3.63) is 47.9 Å². The highest BCUT2D eigenvalue weighted by Gasteiger charge is 2.27. The first-order valence-corrected chi connectivity index (χ1v) is 11.3. The highest BCUT2D eigenvalue weighted by Crippen LogP contribution is 2.24. The molecule has 1 aliphatic carbocycles. The summed E-state index contributed by atoms with van der Waals surface area (Å²) in [4.78, 5) is 36.1. The zero-order valence-electron chi connectivity index (χ0n) is 18.1. The fourth-order valence-corrected chi connectivity index (χ4v) is 4.55. The monoisotopic (exact) mass is 421 g/mol. The summed E-state index contributed by atoms with van der Waals surface area (Å²) in [5.41, 5.74) is 2.30. The molecule has 7 nitrogen and oxygen atoms in total. The Bertz CT molecular complexity index is 911. The molecule has 164 valence electrons. The Morgan fingerprint density at radius 1 is 1.06 bits per heavy atom. The lowest BCUT2D eigenvalue weighted by molar-refractivity contribution is -0.120. The predicted octanol–water partition coefficient (Wildman–Crippen LogP) is 3.70. The van der Waals surface area contributed by atoms with Crippen LogP contribution in [0.2, 0.25) is 0 Å². The van der Waals surface area contributed by atoms with Gasteiger partial charge >= 0.3 is 0 Å². The maximum absolute atomic E-state index is 12.9. The van der Waals surface area contributed by atoms with Gasteiger partial charge in [-0.2, -0.15) is 0 Å². The molecule has 2 amide bonds. The summed E-state index contributed by atoms with van der Waals surface area (Å²) < 4.78 is 0. The Balaban J connectivity index is 1.36. The molecule has 1 aromatic carbocycles. The van der Waals surface area contributed by atoms with E-state index in [2.05, 4.69) is 25.5 Å². The van der Waals surface area contributed by atoms with Crippen LogP contribution in [0.4, 0.5) is 11.5 Å². The lowest BCUT2D eigenvalue weighted by Crippen LogP contribution is -2.41. The van der Waals surface area contributed by atoms with Crippen LogP contribution in [0.5, 0.6) is 0 Å². The number of aryl methyl sites for hydroxylation is 1. The SMILES string of the molecule is Cc1cc(C(=O)NC2CCCCC2)ccc1NC(=O)C1CCCN(c2cnccn2)C1. The average molecular weight is 422 g/mol. The van der Waals surface area contributed by atoms with Gasteiger partial charge in [0.25, 0.3) is 5.91 Å². The van der Waals surface area contributed by atoms with E-state index in [0.29, 0.717) is 12.1 Å². The molecule has 4 rings (SSSR count). The minimum absolute atomic E-state index is 0.0103. The third-order valence-corrected chi connectivity index (χ3v) is 6.35. The molecule has 0 spiro atoms. The number of hydrogen-bond acceptors (Lipinski definition) is 5. The van der Waals surface area contributed by atoms with Crippen LogP contribution < -0.4 is 15.5 Å². The Morgan fingerprint density at radius 3 is 2.65 bits per heavy atom. The molecule has 1 aromatic heterocycles. The minimum Gasteiger partial charge on any atom is -0.355 e. The van der Waals surface area contributed by atoms with E-state index in [1.807, 2.05) is 19.1 Å². The van der Waals surface area contributed by atoms with Crippen molar-refractivity contribution in [3.8, 4) is 0 Å². The summed E-state index contributed by atoms with van der Waals surface area (Å²) >= 11 is 0. The first-order valence-electron chi connectivity index (χ1n) is 11.3. The molecule has 1 atom stereocenters. The van der Waals surface area contributed by atoms with Crippen molar-refractivity contribution in [3.63, 3.8) is 0 Å². The number of benzene rings is 1. The number of amides is 2. The van der Waals surface area contributed by atoms with Gasteiger partial charge in [-0.05, 0) is 56.4 Å². The third kappa shape index (κ3) is 5.40. The number of anilines is 2. The maximum Gasteiger partial charge on any atom is 0.251 e. The summed E-state index contributed by atoms with van der Waals surface area (Å²) in [5, 5.41) is 6.22. The Morgan fingerprint density at radius 2 is 1.90 bits per heavy atom. The lowest BCUT2D eigenvalue weighted by Gasteiger charge is -2.32. The Labute approximate surface area is 183 Å². The van der Waals surface area contributed by atoms with Gasteiger partial charge in [-0.25, -0.2) is 4.98 Å². The van der Waals surface area contributed by atoms with E-state index in [-0.39, 0.29) is 23.8 Å². The number of aromatic nitrogens is 2. The molecule has 1 saturated heterocycles. The second-order valence-electron chi connectivity index (χ2n) is 8.68. The van der Waals surface area contributed by atoms with Crippen LogP contribution in [-0.4, -0.2) is 40.9 Å². The Hall–Kier alpha value is -2.96. The van der Waals surface area contributed by atoms with Gasteiger partial charge in [0.1, 0.15) is 5.82 Å². The molecule has 2 fully saturated rings. The summed E-state index contributed by atoms with van der Waals surface area (Å²) in [6, 6.07) is 5.78. The van der Waals surface area contributed by atoms with Crippen LogP contribution in [0.25, 0.3) is 0 Å². The van der Waals surface area contributed by atoms with Crippen molar-refractivity contribution in [2.24, 2.45) is 5.92 Å². The second-order valence-corrected chi connectivity index (χ2v) is 8.68. The van der Waals surface area contributed by atoms with Gasteiger partial charge in [-0.3, -0.25) is 14.6 Å². The van der Waals surface area contributed by atoms with Crippen LogP contribution in [0.15, 0.2) is 36.8 Å². The number of carbonyl (C=O) groups excluding carboxylic acids is 2. The normalized spacial score (nSPS) is 19.6. The fraction of sp³-hybridized carbons (Fsp3) is 0.500. The van der Waals surface area contributed by atoms with Crippen LogP contribution in [-0.2, 0) is 4.79 Å². The third-order valence-electron chi connectivity index (χ3n) is 6.35. The van der Waals surface area contributed by atoms with Crippen molar-refractivity contribution in [2.45, 2.75) is 57.9 Å². The topological polar surface area (TPSA) is 87.2 Å². The molecule has 2 N–H and O–H groups in total. The molecule has 2 heterocycles. The van der Waals surface area contributed by atoms with Crippen molar-refractivity contribution >= 4 is 23.3 Å². The molecule has 7 heteroatoms. The molecular weight excluding hydrogens is 390 g/mol. The van der Waals surface area contributed by atoms with Gasteiger partial charge in [-0.1, -0.05) is 19.3 Å². The molecule has 0 bridgehead atoms. The molecule has 0 radical (unpaired) electrons. The van der Waals surface area contributed by atoms with Crippen LogP contribution in [0, 0.1) is 12.8 Å². The van der Waals surface area contributed by atoms with Gasteiger partial charge in [0, 0.05) is 42.8 Å². The van der Waals surface area contributed by atoms with E-state index in [1.54, 1.807) is 24.7 Å². The minimum atomic E-state index is -0.107. The molecule has 31 heavy (non-hydrogen) atoms. The van der Waals surface area contributed by atoms with Crippen molar-refractivity contribution in [1.29, 1.82) is 0 Å². The van der Waals surface area contributed by atoms with E-state index in [1.165, 1.54) is 19.3 Å². The van der Waals surface area contributed by atoms with Crippen LogP contribution in [0.1, 0.15) is 60.9 Å². The highest BCUT2D eigenvalue weighted by atomic mass is 16.2. The molecule has 1 unspecified atom stereocenters. The number of nitrogens with one attached hydrogen (secondary N) is 2. The summed E-state index contributed by atoms with van der Waals surface area (Å²) in [5.74, 6) is 0.685. The molecule has 2 aromatic rings. The zero-order chi connectivity index (χ0) is 21.6. The van der Waals surface area contributed by atoms with Gasteiger partial charge in [0.2, 0.25) is 5.91 Å². The van der Waals surface area contributed by atoms with Crippen LogP contribution in [0.3, 0.4) is 0 Å². The van der Waals surface area contributed by atoms with Crippen molar-refractivity contribution in [2.75, 3.05) is 23.3 Å². The maximum atomic E-state index is 12.9. The average Bonchev–Trinajstić information content (AvgIpc) is 2.81. The van der Waals surface area contributed by atoms with E-state index in [0.717, 1.165) is 49.3 Å². The molecular formula is C24H31N5O2. The van der Waals surface area contributed by atoms with Crippen molar-refractivity contribution < 1.29 is 9.59 Å². The first kappa shape index (κ1) is 21.3. The van der Waals surface area contributed by atoms with Crippen LogP contribution >= 0.6 is 0 Å². The number of hydrogen-bond donors (Lipinski definition) is 2. The zero-order valence-corrected chi connectivity index (χ0v) is 18.1. The molecule has 1 saturated carbocycles. The summed E-state index contributed by atoms with van der Waals surface area (Å²) in [6.07, 6.45) is 12.6. The first-order chi connectivity index (χ1) is 15.1. The van der Waals surface area contributed by atoms with E-state index in [9.17, 15) is 9.59 Å². The molecule has 1 aliphatic heterocycles. The Kier molecular flexibility index (Phi) is 6.79. The number of rotatable bonds is 5. The van der Waals surface area contributed by atoms with Gasteiger partial charge in [0.05, 0.1) is 12.1 Å². The second kappa shape index (κ2) is 9.90. The van der Waals surface area contributed by atoms with E-state index in [4.69, 9.17) is 0 Å². The van der Waals surface area contributed by atoms with E-state index >= 15 is 0 Å². The van der Waals surface area contributed by atoms with Gasteiger partial charge in [-0.15, -0.1) is 0 Å². The summed E-state index contributed by atoms with van der Waals surface area (Å²) in [7, 11) is 0.